The fourth-order valence-electron chi connectivity index (χ4n) is 5.81. The van der Waals surface area contributed by atoms with Crippen LogP contribution >= 0.6 is 11.8 Å². The minimum Gasteiger partial charge on any atom is -0.350 e. The SMILES string of the molecule is Cc1ccc(C)c(CN2C(=O)/C(=C/c3ccc(C(=O)NC(C)CCc4ccccc4)cc3)SC3CCCCC32)c1. The Morgan fingerprint density at radius 1 is 1.02 bits per heavy atom. The molecule has 2 fully saturated rings. The molecule has 4 nitrogen and oxygen atoms in total. The summed E-state index contributed by atoms with van der Waals surface area (Å²) in [6.07, 6.45) is 8.47. The van der Waals surface area contributed by atoms with E-state index in [4.69, 9.17) is 0 Å². The van der Waals surface area contributed by atoms with Crippen LogP contribution in [0.2, 0.25) is 0 Å². The smallest absolute Gasteiger partial charge is 0.260 e. The van der Waals surface area contributed by atoms with E-state index in [0.29, 0.717) is 23.4 Å². The fraction of sp³-hybridized carbons (Fsp3) is 0.371. The molecule has 0 spiro atoms. The Labute approximate surface area is 243 Å². The molecule has 3 unspecified atom stereocenters. The lowest BCUT2D eigenvalue weighted by Gasteiger charge is -2.44. The zero-order chi connectivity index (χ0) is 28.1. The largest absolute Gasteiger partial charge is 0.350 e. The molecular formula is C35H40N2O2S. The number of benzene rings is 3. The maximum Gasteiger partial charge on any atom is 0.260 e. The monoisotopic (exact) mass is 552 g/mol. The molecule has 3 atom stereocenters. The molecule has 3 aromatic rings. The Bertz CT molecular complexity index is 1370. The minimum atomic E-state index is -0.0624. The lowest BCUT2D eigenvalue weighted by Crippen LogP contribution is -2.50. The van der Waals surface area contributed by atoms with E-state index in [0.717, 1.165) is 36.2 Å². The first-order valence-corrected chi connectivity index (χ1v) is 15.5. The first-order valence-electron chi connectivity index (χ1n) is 14.6. The summed E-state index contributed by atoms with van der Waals surface area (Å²) in [5.74, 6) is 0.0655. The molecule has 5 heteroatoms. The normalized spacial score (nSPS) is 20.7. The maximum atomic E-state index is 13.8. The van der Waals surface area contributed by atoms with E-state index < -0.39 is 0 Å². The number of hydrogen-bond acceptors (Lipinski definition) is 3. The zero-order valence-electron chi connectivity index (χ0n) is 23.9. The molecule has 3 aromatic carbocycles. The zero-order valence-corrected chi connectivity index (χ0v) is 24.7. The van der Waals surface area contributed by atoms with Crippen molar-refractivity contribution in [1.82, 2.24) is 10.2 Å². The summed E-state index contributed by atoms with van der Waals surface area (Å²) in [4.78, 5) is 29.6. The number of fused-ring (bicyclic) bond motifs is 1. The molecule has 1 aliphatic heterocycles. The van der Waals surface area contributed by atoms with Gasteiger partial charge in [-0.15, -0.1) is 11.8 Å². The lowest BCUT2D eigenvalue weighted by molar-refractivity contribution is -0.130. The van der Waals surface area contributed by atoms with E-state index in [2.05, 4.69) is 54.4 Å². The topological polar surface area (TPSA) is 49.4 Å². The molecule has 0 aromatic heterocycles. The second-order valence-electron chi connectivity index (χ2n) is 11.4. The highest BCUT2D eigenvalue weighted by Crippen LogP contribution is 2.43. The number of amides is 2. The van der Waals surface area contributed by atoms with Crippen molar-refractivity contribution in [3.8, 4) is 0 Å². The molecular weight excluding hydrogens is 512 g/mol. The van der Waals surface area contributed by atoms with Crippen LogP contribution in [0.15, 0.2) is 77.7 Å². The van der Waals surface area contributed by atoms with Gasteiger partial charge in [0.1, 0.15) is 0 Å². The van der Waals surface area contributed by atoms with Crippen molar-refractivity contribution in [2.24, 2.45) is 0 Å². The Hall–Kier alpha value is -3.31. The minimum absolute atomic E-state index is 0.0624. The van der Waals surface area contributed by atoms with Gasteiger partial charge in [-0.2, -0.15) is 0 Å². The van der Waals surface area contributed by atoms with Gasteiger partial charge in [0.25, 0.3) is 11.8 Å². The average Bonchev–Trinajstić information content (AvgIpc) is 2.97. The summed E-state index contributed by atoms with van der Waals surface area (Å²) in [6.45, 7) is 6.96. The van der Waals surface area contributed by atoms with Gasteiger partial charge in [-0.3, -0.25) is 9.59 Å². The van der Waals surface area contributed by atoms with Gasteiger partial charge in [-0.25, -0.2) is 0 Å². The highest BCUT2D eigenvalue weighted by molar-refractivity contribution is 8.04. The number of carbonyl (C=O) groups excluding carboxylic acids is 2. The molecule has 0 bridgehead atoms. The number of aryl methyl sites for hydroxylation is 3. The van der Waals surface area contributed by atoms with Crippen LogP contribution in [-0.4, -0.2) is 34.0 Å². The third-order valence-corrected chi connectivity index (χ3v) is 9.62. The Morgan fingerprint density at radius 2 is 1.77 bits per heavy atom. The van der Waals surface area contributed by atoms with Crippen molar-refractivity contribution in [2.75, 3.05) is 0 Å². The summed E-state index contributed by atoms with van der Waals surface area (Å²) in [6, 6.07) is 24.9. The fourth-order valence-corrected chi connectivity index (χ4v) is 7.28. The predicted molar refractivity (Wildman–Crippen MR) is 166 cm³/mol. The van der Waals surface area contributed by atoms with Crippen LogP contribution in [0.4, 0.5) is 0 Å². The van der Waals surface area contributed by atoms with Crippen molar-refractivity contribution < 1.29 is 9.59 Å². The molecule has 1 N–H and O–H groups in total. The van der Waals surface area contributed by atoms with Crippen molar-refractivity contribution in [1.29, 1.82) is 0 Å². The first kappa shape index (κ1) is 28.2. The standard InChI is InChI=1S/C35H40N2O2S/c1-24-13-14-25(2)30(21-24)23-37-31-11-7-8-12-32(31)40-33(35(37)39)22-28-17-19-29(20-18-28)34(38)36-26(3)15-16-27-9-5-4-6-10-27/h4-6,9-10,13-14,17-22,26,31-32H,7-8,11-12,15-16,23H2,1-3H3,(H,36,38)/b33-22-. The van der Waals surface area contributed by atoms with E-state index >= 15 is 0 Å². The van der Waals surface area contributed by atoms with Gasteiger partial charge in [-0.05, 0) is 86.9 Å². The number of carbonyl (C=O) groups is 2. The average molecular weight is 553 g/mol. The molecule has 1 heterocycles. The Kier molecular flexibility index (Phi) is 9.11. The van der Waals surface area contributed by atoms with E-state index in [9.17, 15) is 9.59 Å². The third-order valence-electron chi connectivity index (χ3n) is 8.22. The number of rotatable bonds is 8. The summed E-state index contributed by atoms with van der Waals surface area (Å²) in [5, 5.41) is 3.56. The summed E-state index contributed by atoms with van der Waals surface area (Å²) < 4.78 is 0. The second-order valence-corrected chi connectivity index (χ2v) is 12.7. The molecule has 40 heavy (non-hydrogen) atoms. The van der Waals surface area contributed by atoms with Gasteiger partial charge < -0.3 is 10.2 Å². The Morgan fingerprint density at radius 3 is 2.55 bits per heavy atom. The lowest BCUT2D eigenvalue weighted by atomic mass is 9.92. The summed E-state index contributed by atoms with van der Waals surface area (Å²) in [5.41, 5.74) is 6.56. The number of nitrogens with one attached hydrogen (secondary N) is 1. The molecule has 2 aliphatic rings. The molecule has 1 aliphatic carbocycles. The highest BCUT2D eigenvalue weighted by atomic mass is 32.2. The van der Waals surface area contributed by atoms with Gasteiger partial charge in [-0.1, -0.05) is 79.1 Å². The van der Waals surface area contributed by atoms with Crippen LogP contribution in [0.1, 0.15) is 77.2 Å². The highest BCUT2D eigenvalue weighted by Gasteiger charge is 2.40. The van der Waals surface area contributed by atoms with Crippen LogP contribution in [0.3, 0.4) is 0 Å². The van der Waals surface area contributed by atoms with Crippen LogP contribution in [0.25, 0.3) is 6.08 Å². The first-order chi connectivity index (χ1) is 19.4. The van der Waals surface area contributed by atoms with Crippen molar-refractivity contribution in [3.63, 3.8) is 0 Å². The van der Waals surface area contributed by atoms with Gasteiger partial charge in [0.05, 0.1) is 4.91 Å². The molecule has 5 rings (SSSR count). The predicted octanol–water partition coefficient (Wildman–Crippen LogP) is 7.48. The third kappa shape index (κ3) is 6.87. The van der Waals surface area contributed by atoms with Crippen molar-refractivity contribution in [3.05, 3.63) is 111 Å². The van der Waals surface area contributed by atoms with E-state index in [1.54, 1.807) is 11.8 Å². The van der Waals surface area contributed by atoms with E-state index in [1.807, 2.05) is 55.5 Å². The summed E-state index contributed by atoms with van der Waals surface area (Å²) in [7, 11) is 0. The van der Waals surface area contributed by atoms with E-state index in [-0.39, 0.29) is 17.9 Å². The molecule has 0 radical (unpaired) electrons. The molecule has 208 valence electrons. The Balaban J connectivity index is 1.26. The number of thioether (sulfide) groups is 1. The second kappa shape index (κ2) is 12.9. The van der Waals surface area contributed by atoms with Crippen molar-refractivity contribution >= 4 is 29.7 Å². The van der Waals surface area contributed by atoms with Gasteiger partial charge in [0.15, 0.2) is 0 Å². The molecule has 2 amide bonds. The summed E-state index contributed by atoms with van der Waals surface area (Å²) >= 11 is 1.75. The van der Waals surface area contributed by atoms with Crippen LogP contribution in [0.5, 0.6) is 0 Å². The quantitative estimate of drug-likeness (QED) is 0.295. The van der Waals surface area contributed by atoms with Gasteiger partial charge in [0.2, 0.25) is 0 Å². The number of nitrogens with zero attached hydrogens (tertiary/aromatic N) is 1. The maximum absolute atomic E-state index is 13.8. The van der Waals surface area contributed by atoms with Gasteiger partial charge in [0, 0.05) is 29.4 Å². The van der Waals surface area contributed by atoms with E-state index in [1.165, 1.54) is 35.1 Å². The van der Waals surface area contributed by atoms with Crippen molar-refractivity contribution in [2.45, 2.75) is 83.2 Å². The molecule has 1 saturated carbocycles. The number of hydrogen-bond donors (Lipinski definition) is 1. The van der Waals surface area contributed by atoms with Crippen LogP contribution in [-0.2, 0) is 17.8 Å². The van der Waals surface area contributed by atoms with Crippen LogP contribution in [0, 0.1) is 13.8 Å². The van der Waals surface area contributed by atoms with Crippen LogP contribution < -0.4 is 5.32 Å². The molecule has 1 saturated heterocycles. The van der Waals surface area contributed by atoms with Gasteiger partial charge >= 0.3 is 0 Å².